The van der Waals surface area contributed by atoms with Gasteiger partial charge in [-0.2, -0.15) is 0 Å². The minimum absolute atomic E-state index is 0.0477. The van der Waals surface area contributed by atoms with E-state index in [2.05, 4.69) is 5.32 Å². The number of hydrogen-bond acceptors (Lipinski definition) is 6. The fourth-order valence-electron chi connectivity index (χ4n) is 2.92. The minimum Gasteiger partial charge on any atom is -0.497 e. The molecule has 2 aromatic carbocycles. The standard InChI is InChI=1S/C19H20N2O5/c1-24-12-8-9-15(17(10-12)26-3)21-18(22)11-14(19(21)23)20-13-6-4-5-7-16(13)25-2/h4-10,14,20H,11H2,1-3H3/t14-/m1/s1. The van der Waals surface area contributed by atoms with Gasteiger partial charge in [0.2, 0.25) is 5.91 Å². The quantitative estimate of drug-likeness (QED) is 0.801. The number of amides is 2. The number of carbonyl (C=O) groups is 2. The van der Waals surface area contributed by atoms with Crippen molar-refractivity contribution in [3.63, 3.8) is 0 Å². The van der Waals surface area contributed by atoms with Gasteiger partial charge in [0.25, 0.3) is 5.91 Å². The average molecular weight is 356 g/mol. The van der Waals surface area contributed by atoms with E-state index in [0.29, 0.717) is 28.6 Å². The normalized spacial score (nSPS) is 16.6. The van der Waals surface area contributed by atoms with Gasteiger partial charge in [-0.05, 0) is 24.3 Å². The summed E-state index contributed by atoms with van der Waals surface area (Å²) in [5.74, 6) is 0.931. The molecular formula is C19H20N2O5. The highest BCUT2D eigenvalue weighted by atomic mass is 16.5. The van der Waals surface area contributed by atoms with Gasteiger partial charge in [-0.1, -0.05) is 12.1 Å². The summed E-state index contributed by atoms with van der Waals surface area (Å²) in [6.45, 7) is 0. The highest BCUT2D eigenvalue weighted by Gasteiger charge is 2.41. The minimum atomic E-state index is -0.675. The van der Waals surface area contributed by atoms with Crippen LogP contribution in [0, 0.1) is 0 Å². The number of nitrogens with one attached hydrogen (secondary N) is 1. The van der Waals surface area contributed by atoms with Crippen LogP contribution in [0.2, 0.25) is 0 Å². The van der Waals surface area contributed by atoms with E-state index in [1.165, 1.54) is 14.2 Å². The molecule has 1 aliphatic heterocycles. The Morgan fingerprint density at radius 2 is 1.69 bits per heavy atom. The number of para-hydroxylation sites is 2. The largest absolute Gasteiger partial charge is 0.497 e. The monoisotopic (exact) mass is 356 g/mol. The van der Waals surface area contributed by atoms with E-state index in [1.807, 2.05) is 12.1 Å². The molecule has 0 unspecified atom stereocenters. The van der Waals surface area contributed by atoms with E-state index in [-0.39, 0.29) is 18.2 Å². The maximum Gasteiger partial charge on any atom is 0.256 e. The SMILES string of the molecule is COc1ccc(N2C(=O)C[C@@H](Nc3ccccc3OC)C2=O)c(OC)c1. The predicted octanol–water partition coefficient (Wildman–Crippen LogP) is 2.46. The number of hydrogen-bond donors (Lipinski definition) is 1. The van der Waals surface area contributed by atoms with Crippen LogP contribution in [0.25, 0.3) is 0 Å². The maximum absolute atomic E-state index is 12.9. The van der Waals surface area contributed by atoms with E-state index < -0.39 is 6.04 Å². The number of imide groups is 1. The van der Waals surface area contributed by atoms with Crippen molar-refractivity contribution in [3.05, 3.63) is 42.5 Å². The lowest BCUT2D eigenvalue weighted by Crippen LogP contribution is -2.35. The molecule has 7 heteroatoms. The molecule has 1 fully saturated rings. The Hall–Kier alpha value is -3.22. The van der Waals surface area contributed by atoms with Crippen molar-refractivity contribution in [2.75, 3.05) is 31.5 Å². The molecule has 2 amide bonds. The zero-order valence-corrected chi connectivity index (χ0v) is 14.8. The van der Waals surface area contributed by atoms with E-state index in [1.54, 1.807) is 37.4 Å². The molecule has 136 valence electrons. The van der Waals surface area contributed by atoms with Crippen LogP contribution in [0.15, 0.2) is 42.5 Å². The van der Waals surface area contributed by atoms with Crippen molar-refractivity contribution in [2.24, 2.45) is 0 Å². The molecule has 0 radical (unpaired) electrons. The van der Waals surface area contributed by atoms with Crippen molar-refractivity contribution in [3.8, 4) is 17.2 Å². The van der Waals surface area contributed by atoms with Gasteiger partial charge in [0.15, 0.2) is 0 Å². The van der Waals surface area contributed by atoms with Gasteiger partial charge in [-0.25, -0.2) is 4.90 Å². The number of benzene rings is 2. The van der Waals surface area contributed by atoms with Crippen molar-refractivity contribution in [1.29, 1.82) is 0 Å². The maximum atomic E-state index is 12.9. The second-order valence-corrected chi connectivity index (χ2v) is 5.71. The summed E-state index contributed by atoms with van der Waals surface area (Å²) < 4.78 is 15.8. The zero-order chi connectivity index (χ0) is 18.7. The molecule has 1 aliphatic rings. The highest BCUT2D eigenvalue weighted by Crippen LogP contribution is 2.36. The first-order chi connectivity index (χ1) is 12.6. The summed E-state index contributed by atoms with van der Waals surface area (Å²) in [5.41, 5.74) is 1.05. The smallest absolute Gasteiger partial charge is 0.256 e. The third kappa shape index (κ3) is 3.15. The van der Waals surface area contributed by atoms with Crippen LogP contribution in [-0.4, -0.2) is 39.2 Å². The van der Waals surface area contributed by atoms with Crippen LogP contribution in [0.4, 0.5) is 11.4 Å². The lowest BCUT2D eigenvalue weighted by atomic mass is 10.2. The lowest BCUT2D eigenvalue weighted by molar-refractivity contribution is -0.121. The van der Waals surface area contributed by atoms with Crippen LogP contribution in [0.3, 0.4) is 0 Å². The van der Waals surface area contributed by atoms with Crippen molar-refractivity contribution in [1.82, 2.24) is 0 Å². The fourth-order valence-corrected chi connectivity index (χ4v) is 2.92. The number of nitrogens with zero attached hydrogens (tertiary/aromatic N) is 1. The van der Waals surface area contributed by atoms with Crippen LogP contribution in [0.1, 0.15) is 6.42 Å². The Morgan fingerprint density at radius 3 is 2.38 bits per heavy atom. The van der Waals surface area contributed by atoms with Gasteiger partial charge >= 0.3 is 0 Å². The second kappa shape index (κ2) is 7.35. The molecule has 1 saturated heterocycles. The Balaban J connectivity index is 1.88. The van der Waals surface area contributed by atoms with Crippen molar-refractivity contribution < 1.29 is 23.8 Å². The van der Waals surface area contributed by atoms with Crippen LogP contribution in [0.5, 0.6) is 17.2 Å². The number of methoxy groups -OCH3 is 3. The van der Waals surface area contributed by atoms with E-state index in [0.717, 1.165) is 4.90 Å². The topological polar surface area (TPSA) is 77.1 Å². The Bertz CT molecular complexity index is 836. The molecule has 1 heterocycles. The number of anilines is 2. The van der Waals surface area contributed by atoms with E-state index in [4.69, 9.17) is 14.2 Å². The summed E-state index contributed by atoms with van der Waals surface area (Å²) >= 11 is 0. The average Bonchev–Trinajstić information content (AvgIpc) is 2.94. The summed E-state index contributed by atoms with van der Waals surface area (Å²) in [7, 11) is 4.57. The summed E-state index contributed by atoms with van der Waals surface area (Å²) in [6.07, 6.45) is 0.0477. The summed E-state index contributed by atoms with van der Waals surface area (Å²) in [4.78, 5) is 26.5. The van der Waals surface area contributed by atoms with Gasteiger partial charge in [-0.3, -0.25) is 9.59 Å². The molecule has 0 saturated carbocycles. The fraction of sp³-hybridized carbons (Fsp3) is 0.263. The van der Waals surface area contributed by atoms with Crippen molar-refractivity contribution in [2.45, 2.75) is 12.5 Å². The lowest BCUT2D eigenvalue weighted by Gasteiger charge is -2.19. The van der Waals surface area contributed by atoms with Gasteiger partial charge in [0.1, 0.15) is 23.3 Å². The Labute approximate surface area is 151 Å². The van der Waals surface area contributed by atoms with E-state index in [9.17, 15) is 9.59 Å². The molecule has 0 spiro atoms. The third-order valence-corrected chi connectivity index (χ3v) is 4.21. The Morgan fingerprint density at radius 1 is 0.962 bits per heavy atom. The summed E-state index contributed by atoms with van der Waals surface area (Å²) in [5, 5.41) is 3.10. The molecule has 7 nitrogen and oxygen atoms in total. The van der Waals surface area contributed by atoms with Gasteiger partial charge in [-0.15, -0.1) is 0 Å². The van der Waals surface area contributed by atoms with Crippen molar-refractivity contribution >= 4 is 23.2 Å². The molecule has 0 bridgehead atoms. The molecule has 1 N–H and O–H groups in total. The predicted molar refractivity (Wildman–Crippen MR) is 97.1 cm³/mol. The summed E-state index contributed by atoms with van der Waals surface area (Å²) in [6, 6.07) is 11.5. The van der Waals surface area contributed by atoms with Crippen LogP contribution < -0.4 is 24.4 Å². The first kappa shape index (κ1) is 17.6. The molecule has 1 atom stereocenters. The molecule has 2 aromatic rings. The number of ether oxygens (including phenoxy) is 3. The van der Waals surface area contributed by atoms with Crippen LogP contribution in [-0.2, 0) is 9.59 Å². The highest BCUT2D eigenvalue weighted by molar-refractivity contribution is 6.23. The van der Waals surface area contributed by atoms with E-state index >= 15 is 0 Å². The van der Waals surface area contributed by atoms with Crippen LogP contribution >= 0.6 is 0 Å². The zero-order valence-electron chi connectivity index (χ0n) is 14.8. The van der Waals surface area contributed by atoms with Gasteiger partial charge in [0, 0.05) is 6.07 Å². The van der Waals surface area contributed by atoms with Gasteiger partial charge in [0.05, 0.1) is 39.1 Å². The second-order valence-electron chi connectivity index (χ2n) is 5.71. The molecule has 3 rings (SSSR count). The number of rotatable bonds is 6. The first-order valence-corrected chi connectivity index (χ1v) is 8.07. The van der Waals surface area contributed by atoms with Gasteiger partial charge < -0.3 is 19.5 Å². The molecule has 0 aliphatic carbocycles. The molecule has 26 heavy (non-hydrogen) atoms. The first-order valence-electron chi connectivity index (χ1n) is 8.07. The third-order valence-electron chi connectivity index (χ3n) is 4.21. The molecule has 0 aromatic heterocycles. The Kier molecular flexibility index (Phi) is 4.97. The number of carbonyl (C=O) groups excluding carboxylic acids is 2. The molecular weight excluding hydrogens is 336 g/mol.